The molecular weight excluding hydrogens is 412 g/mol. The fourth-order valence-electron chi connectivity index (χ4n) is 3.15. The number of benzene rings is 2. The standard InChI is InChI=1S/C22H24N6O4/c1-29-16-11-14(12-17(30-2)19(16)31-3)26-22-27-20(18-21(28-22)25-13-24-18)23-9-10-32-15-7-5-4-6-8-15/h4-8,11-13H,9-10H2,1-3H3,(H3,23,24,25,26,27,28). The van der Waals surface area contributed by atoms with Crippen LogP contribution >= 0.6 is 0 Å². The van der Waals surface area contributed by atoms with Crippen LogP contribution in [0.5, 0.6) is 23.0 Å². The number of nitrogens with one attached hydrogen (secondary N) is 3. The minimum absolute atomic E-state index is 0.366. The predicted octanol–water partition coefficient (Wildman–Crippen LogP) is 3.61. The third kappa shape index (κ3) is 4.59. The van der Waals surface area contributed by atoms with Gasteiger partial charge >= 0.3 is 0 Å². The number of H-pyrrole nitrogens is 1. The smallest absolute Gasteiger partial charge is 0.231 e. The molecule has 3 N–H and O–H groups in total. The lowest BCUT2D eigenvalue weighted by molar-refractivity contribution is 0.324. The molecule has 4 rings (SSSR count). The zero-order valence-electron chi connectivity index (χ0n) is 18.0. The van der Waals surface area contributed by atoms with Gasteiger partial charge in [0.1, 0.15) is 17.9 Å². The minimum atomic E-state index is 0.366. The molecule has 0 aliphatic rings. The van der Waals surface area contributed by atoms with Gasteiger partial charge < -0.3 is 34.6 Å². The van der Waals surface area contributed by atoms with Gasteiger partial charge in [-0.05, 0) is 12.1 Å². The second kappa shape index (κ2) is 9.73. The summed E-state index contributed by atoms with van der Waals surface area (Å²) in [6.45, 7) is 1.02. The molecule has 0 aliphatic heterocycles. The van der Waals surface area contributed by atoms with Gasteiger partial charge in [0.25, 0.3) is 0 Å². The minimum Gasteiger partial charge on any atom is -0.493 e. The van der Waals surface area contributed by atoms with Crippen molar-refractivity contribution >= 4 is 28.6 Å². The van der Waals surface area contributed by atoms with Crippen molar-refractivity contribution in [2.75, 3.05) is 45.1 Å². The molecule has 0 bridgehead atoms. The van der Waals surface area contributed by atoms with Crippen molar-refractivity contribution in [3.63, 3.8) is 0 Å². The maximum atomic E-state index is 5.73. The summed E-state index contributed by atoms with van der Waals surface area (Å²) in [5.41, 5.74) is 1.91. The highest BCUT2D eigenvalue weighted by atomic mass is 16.5. The maximum absolute atomic E-state index is 5.73. The van der Waals surface area contributed by atoms with E-state index in [1.54, 1.807) is 39.8 Å². The number of hydrogen-bond donors (Lipinski definition) is 3. The van der Waals surface area contributed by atoms with Crippen LogP contribution in [0.4, 0.5) is 17.5 Å². The molecule has 10 heteroatoms. The van der Waals surface area contributed by atoms with Crippen LogP contribution in [-0.2, 0) is 0 Å². The average molecular weight is 436 g/mol. The van der Waals surface area contributed by atoms with E-state index < -0.39 is 0 Å². The number of anilines is 3. The highest BCUT2D eigenvalue weighted by Crippen LogP contribution is 2.40. The zero-order valence-corrected chi connectivity index (χ0v) is 18.0. The second-order valence-electron chi connectivity index (χ2n) is 6.62. The Morgan fingerprint density at radius 3 is 2.38 bits per heavy atom. The number of aromatic amines is 1. The molecule has 2 aromatic carbocycles. The summed E-state index contributed by atoms with van der Waals surface area (Å²) in [6, 6.07) is 13.2. The molecule has 2 heterocycles. The van der Waals surface area contributed by atoms with Crippen LogP contribution in [0.1, 0.15) is 0 Å². The summed E-state index contributed by atoms with van der Waals surface area (Å²) >= 11 is 0. The first-order valence-corrected chi connectivity index (χ1v) is 9.91. The molecule has 4 aromatic rings. The molecule has 0 aliphatic carbocycles. The molecule has 10 nitrogen and oxygen atoms in total. The molecule has 0 atom stereocenters. The van der Waals surface area contributed by atoms with Crippen LogP contribution in [-0.4, -0.2) is 54.4 Å². The molecule has 0 spiro atoms. The van der Waals surface area contributed by atoms with E-state index in [1.807, 2.05) is 30.3 Å². The van der Waals surface area contributed by atoms with Gasteiger partial charge in [-0.2, -0.15) is 9.97 Å². The molecule has 0 unspecified atom stereocenters. The summed E-state index contributed by atoms with van der Waals surface area (Å²) in [5, 5.41) is 6.46. The van der Waals surface area contributed by atoms with E-state index in [-0.39, 0.29) is 0 Å². The lowest BCUT2D eigenvalue weighted by atomic mass is 10.2. The van der Waals surface area contributed by atoms with E-state index in [0.717, 1.165) is 5.75 Å². The van der Waals surface area contributed by atoms with Gasteiger partial charge in [0.2, 0.25) is 11.7 Å². The molecule has 32 heavy (non-hydrogen) atoms. The van der Waals surface area contributed by atoms with E-state index in [9.17, 15) is 0 Å². The van der Waals surface area contributed by atoms with Crippen molar-refractivity contribution < 1.29 is 18.9 Å². The highest BCUT2D eigenvalue weighted by Gasteiger charge is 2.15. The Morgan fingerprint density at radius 2 is 1.69 bits per heavy atom. The van der Waals surface area contributed by atoms with E-state index >= 15 is 0 Å². The average Bonchev–Trinajstić information content (AvgIpc) is 3.30. The molecule has 0 amide bonds. The van der Waals surface area contributed by atoms with Gasteiger partial charge in [-0.15, -0.1) is 0 Å². The SMILES string of the molecule is COc1cc(Nc2nc(NCCOc3ccccc3)c3[nH]cnc3n2)cc(OC)c1OC. The number of ether oxygens (including phenoxy) is 4. The summed E-state index contributed by atoms with van der Waals surface area (Å²) in [4.78, 5) is 16.4. The first-order valence-electron chi connectivity index (χ1n) is 9.91. The van der Waals surface area contributed by atoms with Crippen molar-refractivity contribution in [1.29, 1.82) is 0 Å². The Kier molecular flexibility index (Phi) is 6.40. The van der Waals surface area contributed by atoms with Gasteiger partial charge in [-0.1, -0.05) is 18.2 Å². The summed E-state index contributed by atoms with van der Waals surface area (Å²) in [6.07, 6.45) is 1.58. The molecule has 0 saturated heterocycles. The third-order valence-corrected chi connectivity index (χ3v) is 4.61. The second-order valence-corrected chi connectivity index (χ2v) is 6.62. The Labute approximate surface area is 184 Å². The number of nitrogens with zero attached hydrogens (tertiary/aromatic N) is 3. The normalized spacial score (nSPS) is 10.6. The van der Waals surface area contributed by atoms with E-state index in [4.69, 9.17) is 18.9 Å². The Bertz CT molecular complexity index is 1160. The largest absolute Gasteiger partial charge is 0.493 e. The monoisotopic (exact) mass is 436 g/mol. The van der Waals surface area contributed by atoms with E-state index in [1.165, 1.54) is 0 Å². The van der Waals surface area contributed by atoms with Crippen molar-refractivity contribution in [2.45, 2.75) is 0 Å². The van der Waals surface area contributed by atoms with E-state index in [2.05, 4.69) is 30.6 Å². The van der Waals surface area contributed by atoms with Crippen LogP contribution in [0.25, 0.3) is 11.2 Å². The molecular formula is C22H24N6O4. The summed E-state index contributed by atoms with van der Waals surface area (Å²) in [7, 11) is 4.68. The number of imidazole rings is 1. The maximum Gasteiger partial charge on any atom is 0.231 e. The molecule has 0 saturated carbocycles. The Balaban J connectivity index is 1.52. The highest BCUT2D eigenvalue weighted by molar-refractivity contribution is 5.84. The number of fused-ring (bicyclic) bond motifs is 1. The molecule has 2 aromatic heterocycles. The van der Waals surface area contributed by atoms with Crippen LogP contribution < -0.4 is 29.6 Å². The lowest BCUT2D eigenvalue weighted by Gasteiger charge is -2.15. The quantitative estimate of drug-likeness (QED) is 0.321. The van der Waals surface area contributed by atoms with Crippen LogP contribution in [0.3, 0.4) is 0 Å². The zero-order chi connectivity index (χ0) is 22.3. The van der Waals surface area contributed by atoms with Gasteiger partial charge in [0.05, 0.1) is 34.2 Å². The van der Waals surface area contributed by atoms with Crippen LogP contribution in [0.2, 0.25) is 0 Å². The number of rotatable bonds is 10. The molecule has 0 radical (unpaired) electrons. The molecule has 0 fully saturated rings. The fraction of sp³-hybridized carbons (Fsp3) is 0.227. The lowest BCUT2D eigenvalue weighted by Crippen LogP contribution is -2.13. The first-order chi connectivity index (χ1) is 15.7. The van der Waals surface area contributed by atoms with Crippen molar-refractivity contribution in [3.8, 4) is 23.0 Å². The van der Waals surface area contributed by atoms with Gasteiger partial charge in [-0.25, -0.2) is 4.98 Å². The first kappa shape index (κ1) is 21.0. The number of para-hydroxylation sites is 1. The topological polar surface area (TPSA) is 115 Å². The Morgan fingerprint density at radius 1 is 0.938 bits per heavy atom. The van der Waals surface area contributed by atoms with Gasteiger partial charge in [0, 0.05) is 17.8 Å². The molecule has 166 valence electrons. The van der Waals surface area contributed by atoms with E-state index in [0.29, 0.717) is 59.0 Å². The number of aromatic nitrogens is 4. The van der Waals surface area contributed by atoms with Crippen molar-refractivity contribution in [3.05, 3.63) is 48.8 Å². The van der Waals surface area contributed by atoms with Crippen LogP contribution in [0, 0.1) is 0 Å². The third-order valence-electron chi connectivity index (χ3n) is 4.61. The number of methoxy groups -OCH3 is 3. The van der Waals surface area contributed by atoms with Crippen molar-refractivity contribution in [1.82, 2.24) is 19.9 Å². The van der Waals surface area contributed by atoms with Crippen LogP contribution in [0.15, 0.2) is 48.8 Å². The fourth-order valence-corrected chi connectivity index (χ4v) is 3.15. The summed E-state index contributed by atoms with van der Waals surface area (Å²) in [5.74, 6) is 3.33. The summed E-state index contributed by atoms with van der Waals surface area (Å²) < 4.78 is 21.9. The Hall–Kier alpha value is -4.21. The predicted molar refractivity (Wildman–Crippen MR) is 121 cm³/mol. The van der Waals surface area contributed by atoms with Gasteiger partial charge in [-0.3, -0.25) is 0 Å². The van der Waals surface area contributed by atoms with Gasteiger partial charge in [0.15, 0.2) is 23.0 Å². The number of hydrogen-bond acceptors (Lipinski definition) is 9. The van der Waals surface area contributed by atoms with Crippen molar-refractivity contribution in [2.24, 2.45) is 0 Å².